The minimum atomic E-state index is 1.00. The Morgan fingerprint density at radius 1 is 1.31 bits per heavy atom. The van der Waals surface area contributed by atoms with Crippen LogP contribution in [0.1, 0.15) is 30.2 Å². The maximum Gasteiger partial charge on any atom is 0.0479 e. The number of nitrogens with zero attached hydrogens (tertiary/aromatic N) is 1. The van der Waals surface area contributed by atoms with Crippen molar-refractivity contribution in [1.29, 1.82) is 0 Å². The minimum Gasteiger partial charge on any atom is -0.261 e. The average Bonchev–Trinajstić information content (AvgIpc) is 2.41. The molecule has 0 radical (unpaired) electrons. The van der Waals surface area contributed by atoms with Gasteiger partial charge < -0.3 is 0 Å². The van der Waals surface area contributed by atoms with Crippen molar-refractivity contribution < 1.29 is 0 Å². The van der Waals surface area contributed by atoms with Gasteiger partial charge in [0.2, 0.25) is 0 Å². The van der Waals surface area contributed by atoms with E-state index in [2.05, 4.69) is 42.3 Å². The van der Waals surface area contributed by atoms with Gasteiger partial charge in [0.1, 0.15) is 0 Å². The summed E-state index contributed by atoms with van der Waals surface area (Å²) in [5, 5.41) is 0. The fourth-order valence-corrected chi connectivity index (χ4v) is 1.61. The van der Waals surface area contributed by atoms with E-state index < -0.39 is 0 Å². The number of aryl methyl sites for hydroxylation is 1. The Kier molecular flexibility index (Phi) is 2.26. The van der Waals surface area contributed by atoms with Crippen LogP contribution in [0.15, 0.2) is 24.4 Å². The third kappa shape index (κ3) is 1.55. The van der Waals surface area contributed by atoms with Crippen molar-refractivity contribution in [2.75, 3.05) is 0 Å². The molecule has 0 unspecified atom stereocenters. The van der Waals surface area contributed by atoms with E-state index in [1.807, 2.05) is 6.20 Å². The normalized spacial score (nSPS) is 13.9. The maximum absolute atomic E-state index is 4.37. The Morgan fingerprint density at radius 3 is 3.00 bits per heavy atom. The zero-order valence-electron chi connectivity index (χ0n) is 7.83. The minimum absolute atomic E-state index is 1.00. The van der Waals surface area contributed by atoms with E-state index in [1.165, 1.54) is 16.8 Å². The molecule has 1 aliphatic rings. The summed E-state index contributed by atoms with van der Waals surface area (Å²) in [6, 6.07) is 2.07. The van der Waals surface area contributed by atoms with E-state index in [-0.39, 0.29) is 0 Å². The molecule has 0 saturated carbocycles. The monoisotopic (exact) mass is 171 g/mol. The number of hydrogen-bond donors (Lipinski definition) is 0. The lowest BCUT2D eigenvalue weighted by atomic mass is 10.1. The van der Waals surface area contributed by atoms with Crippen LogP contribution in [-0.4, -0.2) is 4.98 Å². The van der Waals surface area contributed by atoms with E-state index >= 15 is 0 Å². The van der Waals surface area contributed by atoms with Crippen molar-refractivity contribution in [3.05, 3.63) is 41.2 Å². The quantitative estimate of drug-likeness (QED) is 0.632. The molecule has 0 amide bonds. The van der Waals surface area contributed by atoms with Crippen LogP contribution in [0.5, 0.6) is 0 Å². The molecule has 2 rings (SSSR count). The summed E-state index contributed by atoms with van der Waals surface area (Å²) < 4.78 is 0. The van der Waals surface area contributed by atoms with Gasteiger partial charge in [0.25, 0.3) is 0 Å². The highest BCUT2D eigenvalue weighted by atomic mass is 14.7. The first-order valence-electron chi connectivity index (χ1n) is 4.72. The molecule has 0 N–H and O–H groups in total. The molecular formula is C12H13N. The second-order valence-electron chi connectivity index (χ2n) is 3.15. The number of fused-ring (bicyclic) bond motifs is 1. The highest BCUT2D eigenvalue weighted by molar-refractivity contribution is 5.68. The van der Waals surface area contributed by atoms with Gasteiger partial charge in [-0.2, -0.15) is 0 Å². The lowest BCUT2D eigenvalue weighted by Crippen LogP contribution is -1.93. The van der Waals surface area contributed by atoms with Crippen molar-refractivity contribution in [2.24, 2.45) is 0 Å². The molecule has 13 heavy (non-hydrogen) atoms. The van der Waals surface area contributed by atoms with Gasteiger partial charge in [-0.25, -0.2) is 0 Å². The first-order chi connectivity index (χ1) is 6.42. The van der Waals surface area contributed by atoms with Gasteiger partial charge in [0.15, 0.2) is 0 Å². The summed E-state index contributed by atoms with van der Waals surface area (Å²) in [6.45, 7) is 2.14. The van der Waals surface area contributed by atoms with Crippen molar-refractivity contribution in [2.45, 2.75) is 19.8 Å². The van der Waals surface area contributed by atoms with Crippen LogP contribution >= 0.6 is 0 Å². The lowest BCUT2D eigenvalue weighted by molar-refractivity contribution is 1.03. The summed E-state index contributed by atoms with van der Waals surface area (Å²) >= 11 is 0. The van der Waals surface area contributed by atoms with Crippen LogP contribution in [0, 0.1) is 0 Å². The molecule has 0 aromatic carbocycles. The summed E-state index contributed by atoms with van der Waals surface area (Å²) in [5.74, 6) is 0. The van der Waals surface area contributed by atoms with Crippen molar-refractivity contribution >= 4 is 12.2 Å². The van der Waals surface area contributed by atoms with Gasteiger partial charge in [-0.3, -0.25) is 4.98 Å². The highest BCUT2D eigenvalue weighted by Crippen LogP contribution is 2.19. The summed E-state index contributed by atoms with van der Waals surface area (Å²) in [6.07, 6.45) is 12.6. The predicted molar refractivity (Wildman–Crippen MR) is 56.3 cm³/mol. The molecule has 1 aromatic rings. The zero-order chi connectivity index (χ0) is 9.10. The Morgan fingerprint density at radius 2 is 2.15 bits per heavy atom. The molecule has 1 aliphatic carbocycles. The van der Waals surface area contributed by atoms with Gasteiger partial charge in [-0.05, 0) is 24.5 Å². The molecule has 0 fully saturated rings. The molecule has 1 heteroatoms. The maximum atomic E-state index is 4.37. The third-order valence-electron chi connectivity index (χ3n) is 2.30. The Balaban J connectivity index is 2.59. The van der Waals surface area contributed by atoms with E-state index in [1.54, 1.807) is 0 Å². The van der Waals surface area contributed by atoms with Crippen molar-refractivity contribution in [1.82, 2.24) is 4.98 Å². The topological polar surface area (TPSA) is 12.9 Å². The van der Waals surface area contributed by atoms with Crippen LogP contribution in [0.4, 0.5) is 0 Å². The number of rotatable bonds is 1. The first kappa shape index (κ1) is 8.24. The second-order valence-corrected chi connectivity index (χ2v) is 3.15. The second kappa shape index (κ2) is 3.56. The van der Waals surface area contributed by atoms with Crippen molar-refractivity contribution in [3.8, 4) is 0 Å². The molecule has 0 aliphatic heterocycles. The van der Waals surface area contributed by atoms with Crippen LogP contribution in [0.3, 0.4) is 0 Å². The van der Waals surface area contributed by atoms with Crippen LogP contribution in [-0.2, 0) is 6.42 Å². The standard InChI is InChI=1S/C12H13N/c1-2-12-11-7-5-3-4-6-10(11)8-9-13-12/h4-9H,2-3H2,1H3. The van der Waals surface area contributed by atoms with E-state index in [0.717, 1.165) is 12.8 Å². The summed E-state index contributed by atoms with van der Waals surface area (Å²) in [5.41, 5.74) is 3.78. The van der Waals surface area contributed by atoms with Gasteiger partial charge in [0.05, 0.1) is 0 Å². The fraction of sp³-hybridized carbons (Fsp3) is 0.250. The van der Waals surface area contributed by atoms with E-state index in [0.29, 0.717) is 0 Å². The number of allylic oxidation sites excluding steroid dienone is 2. The van der Waals surface area contributed by atoms with Crippen LogP contribution in [0.25, 0.3) is 12.2 Å². The number of hydrogen-bond acceptors (Lipinski definition) is 1. The first-order valence-corrected chi connectivity index (χ1v) is 4.72. The molecule has 1 nitrogen and oxygen atoms in total. The zero-order valence-corrected chi connectivity index (χ0v) is 7.83. The Labute approximate surface area is 78.8 Å². The number of aromatic nitrogens is 1. The summed E-state index contributed by atoms with van der Waals surface area (Å²) in [7, 11) is 0. The molecule has 0 atom stereocenters. The van der Waals surface area contributed by atoms with Gasteiger partial charge in [-0.15, -0.1) is 0 Å². The molecule has 0 spiro atoms. The highest BCUT2D eigenvalue weighted by Gasteiger charge is 2.04. The lowest BCUT2D eigenvalue weighted by Gasteiger charge is -2.04. The van der Waals surface area contributed by atoms with Crippen LogP contribution < -0.4 is 0 Å². The molecule has 0 bridgehead atoms. The third-order valence-corrected chi connectivity index (χ3v) is 2.30. The van der Waals surface area contributed by atoms with Gasteiger partial charge in [-0.1, -0.05) is 31.2 Å². The van der Waals surface area contributed by atoms with E-state index in [4.69, 9.17) is 0 Å². The molecule has 1 heterocycles. The van der Waals surface area contributed by atoms with Gasteiger partial charge in [0, 0.05) is 17.5 Å². The van der Waals surface area contributed by atoms with Gasteiger partial charge >= 0.3 is 0 Å². The molecule has 0 saturated heterocycles. The fourth-order valence-electron chi connectivity index (χ4n) is 1.61. The predicted octanol–water partition coefficient (Wildman–Crippen LogP) is 3.07. The smallest absolute Gasteiger partial charge is 0.0479 e. The van der Waals surface area contributed by atoms with Crippen LogP contribution in [0.2, 0.25) is 0 Å². The largest absolute Gasteiger partial charge is 0.261 e. The summed E-state index contributed by atoms with van der Waals surface area (Å²) in [4.78, 5) is 4.37. The molecular weight excluding hydrogens is 158 g/mol. The Hall–Kier alpha value is -1.37. The number of pyridine rings is 1. The average molecular weight is 171 g/mol. The molecule has 66 valence electrons. The van der Waals surface area contributed by atoms with E-state index in [9.17, 15) is 0 Å². The molecule has 1 aromatic heterocycles. The Bertz CT molecular complexity index is 361. The van der Waals surface area contributed by atoms with Crippen molar-refractivity contribution in [3.63, 3.8) is 0 Å². The SMILES string of the molecule is CCc1nccc2c1C=CCC=C2.